The average Bonchev–Trinajstić information content (AvgIpc) is 2.67. The van der Waals surface area contributed by atoms with E-state index < -0.39 is 22.0 Å². The number of ether oxygens (including phenoxy) is 1. The Hall–Kier alpha value is -2.78. The Morgan fingerprint density at radius 2 is 1.77 bits per heavy atom. The molecule has 0 radical (unpaired) electrons. The van der Waals surface area contributed by atoms with Crippen molar-refractivity contribution >= 4 is 27.3 Å². The van der Waals surface area contributed by atoms with Crippen LogP contribution < -0.4 is 9.04 Å². The molecule has 30 heavy (non-hydrogen) atoms. The monoisotopic (exact) mass is 456 g/mol. The van der Waals surface area contributed by atoms with Crippen molar-refractivity contribution in [2.45, 2.75) is 12.7 Å². The summed E-state index contributed by atoms with van der Waals surface area (Å²) in [4.78, 5) is 3.88. The molecule has 2 aromatic carbocycles. The Balaban J connectivity index is 1.95. The number of benzene rings is 2. The van der Waals surface area contributed by atoms with Crippen molar-refractivity contribution in [3.05, 3.63) is 83.6 Å². The van der Waals surface area contributed by atoms with Gasteiger partial charge >= 0.3 is 6.18 Å². The van der Waals surface area contributed by atoms with Gasteiger partial charge in [-0.1, -0.05) is 35.9 Å². The van der Waals surface area contributed by atoms with E-state index in [0.717, 1.165) is 0 Å². The minimum atomic E-state index is -4.90. The normalized spacial score (nSPS) is 11.9. The number of aromatic nitrogens is 1. The molecule has 3 rings (SSSR count). The molecular weight excluding hydrogens is 441 g/mol. The molecule has 0 N–H and O–H groups in total. The summed E-state index contributed by atoms with van der Waals surface area (Å²) in [6.45, 7) is -0.332. The predicted octanol–water partition coefficient (Wildman–Crippen LogP) is 5.43. The molecule has 0 aliphatic heterocycles. The Labute approximate surface area is 176 Å². The van der Waals surface area contributed by atoms with Crippen molar-refractivity contribution < 1.29 is 26.3 Å². The van der Waals surface area contributed by atoms with Crippen molar-refractivity contribution in [2.24, 2.45) is 0 Å². The van der Waals surface area contributed by atoms with Crippen LogP contribution in [0.1, 0.15) is 5.56 Å². The second-order valence-corrected chi connectivity index (χ2v) is 8.57. The van der Waals surface area contributed by atoms with Gasteiger partial charge in [0.1, 0.15) is 11.5 Å². The number of rotatable bonds is 7. The van der Waals surface area contributed by atoms with Gasteiger partial charge in [-0.15, -0.1) is 0 Å². The highest BCUT2D eigenvalue weighted by molar-refractivity contribution is 7.92. The van der Waals surface area contributed by atoms with E-state index in [1.165, 1.54) is 30.6 Å². The van der Waals surface area contributed by atoms with Gasteiger partial charge in [0, 0.05) is 12.4 Å². The fraction of sp³-hybridized carbons (Fsp3) is 0.150. The molecular formula is C20H16ClF3N2O3S. The van der Waals surface area contributed by atoms with Crippen LogP contribution in [0.4, 0.5) is 18.9 Å². The number of anilines is 1. The quantitative estimate of drug-likeness (QED) is 0.476. The molecule has 0 fully saturated rings. The molecule has 5 nitrogen and oxygen atoms in total. The molecule has 0 spiro atoms. The van der Waals surface area contributed by atoms with Gasteiger partial charge < -0.3 is 4.74 Å². The second kappa shape index (κ2) is 8.93. The molecule has 0 atom stereocenters. The first-order valence-electron chi connectivity index (χ1n) is 8.62. The molecule has 0 saturated carbocycles. The smallest absolute Gasteiger partial charge is 0.404 e. The van der Waals surface area contributed by atoms with Crippen LogP contribution in [0.15, 0.2) is 73.1 Å². The zero-order valence-corrected chi connectivity index (χ0v) is 17.0. The Kier molecular flexibility index (Phi) is 6.52. The Morgan fingerprint density at radius 3 is 2.37 bits per heavy atom. The summed E-state index contributed by atoms with van der Waals surface area (Å²) in [6.07, 6.45) is -2.04. The van der Waals surface area contributed by atoms with Gasteiger partial charge in [0.05, 0.1) is 17.3 Å². The Morgan fingerprint density at radius 1 is 1.03 bits per heavy atom. The summed E-state index contributed by atoms with van der Waals surface area (Å²) < 4.78 is 70.1. The summed E-state index contributed by atoms with van der Waals surface area (Å²) >= 11 is 6.23. The van der Waals surface area contributed by atoms with Crippen molar-refractivity contribution in [1.29, 1.82) is 0 Å². The van der Waals surface area contributed by atoms with Crippen LogP contribution in [-0.4, -0.2) is 25.3 Å². The first-order chi connectivity index (χ1) is 14.1. The third-order valence-corrected chi connectivity index (χ3v) is 5.90. The largest absolute Gasteiger partial charge is 0.456 e. The first kappa shape index (κ1) is 21.9. The molecule has 0 amide bonds. The van der Waals surface area contributed by atoms with Gasteiger partial charge in [0.15, 0.2) is 5.75 Å². The fourth-order valence-electron chi connectivity index (χ4n) is 2.64. The molecule has 3 aromatic rings. The molecule has 0 aliphatic rings. The van der Waals surface area contributed by atoms with Gasteiger partial charge in [-0.25, -0.2) is 8.42 Å². The number of hydrogen-bond acceptors (Lipinski definition) is 4. The molecule has 0 unspecified atom stereocenters. The van der Waals surface area contributed by atoms with E-state index in [-0.39, 0.29) is 23.0 Å². The molecule has 0 bridgehead atoms. The first-order valence-corrected chi connectivity index (χ1v) is 10.6. The molecule has 0 aliphatic carbocycles. The maximum atomic E-state index is 12.9. The van der Waals surface area contributed by atoms with Gasteiger partial charge in [-0.2, -0.15) is 13.2 Å². The van der Waals surface area contributed by atoms with E-state index in [0.29, 0.717) is 15.6 Å². The van der Waals surface area contributed by atoms with E-state index in [1.807, 2.05) is 0 Å². The molecule has 0 saturated heterocycles. The van der Waals surface area contributed by atoms with E-state index in [2.05, 4.69) is 4.98 Å². The van der Waals surface area contributed by atoms with Crippen LogP contribution in [0.5, 0.6) is 11.5 Å². The third kappa shape index (κ3) is 5.87. The maximum absolute atomic E-state index is 12.9. The number of nitrogens with zero attached hydrogens (tertiary/aromatic N) is 2. The van der Waals surface area contributed by atoms with E-state index in [1.54, 1.807) is 42.5 Å². The predicted molar refractivity (Wildman–Crippen MR) is 108 cm³/mol. The zero-order valence-electron chi connectivity index (χ0n) is 15.4. The number of para-hydroxylation sites is 1. The number of halogens is 4. The minimum absolute atomic E-state index is 0.0199. The lowest BCUT2D eigenvalue weighted by atomic mass is 10.2. The summed E-state index contributed by atoms with van der Waals surface area (Å²) in [6, 6.07) is 15.9. The summed E-state index contributed by atoms with van der Waals surface area (Å²) in [5.74, 6) is -1.26. The number of sulfonamides is 1. The number of pyridine rings is 1. The van der Waals surface area contributed by atoms with Gasteiger partial charge in [0.2, 0.25) is 10.0 Å². The van der Waals surface area contributed by atoms with Crippen molar-refractivity contribution in [2.75, 3.05) is 10.1 Å². The highest BCUT2D eigenvalue weighted by atomic mass is 35.5. The summed E-state index contributed by atoms with van der Waals surface area (Å²) in [7, 11) is -4.74. The molecule has 158 valence electrons. The van der Waals surface area contributed by atoms with E-state index in [9.17, 15) is 21.6 Å². The summed E-state index contributed by atoms with van der Waals surface area (Å²) in [5.41, 5.74) is 0.400. The van der Waals surface area contributed by atoms with Crippen LogP contribution in [-0.2, 0) is 16.6 Å². The van der Waals surface area contributed by atoms with Crippen LogP contribution in [0.3, 0.4) is 0 Å². The second-order valence-electron chi connectivity index (χ2n) is 6.27. The van der Waals surface area contributed by atoms with Crippen molar-refractivity contribution in [3.8, 4) is 11.5 Å². The lowest BCUT2D eigenvalue weighted by Gasteiger charge is -2.25. The number of hydrogen-bond donors (Lipinski definition) is 0. The minimum Gasteiger partial charge on any atom is -0.456 e. The van der Waals surface area contributed by atoms with Crippen LogP contribution in [0.25, 0.3) is 0 Å². The molecule has 1 heterocycles. The third-order valence-electron chi connectivity index (χ3n) is 3.91. The van der Waals surface area contributed by atoms with Crippen LogP contribution in [0, 0.1) is 0 Å². The molecule has 1 aromatic heterocycles. The van der Waals surface area contributed by atoms with Gasteiger partial charge in [-0.3, -0.25) is 9.29 Å². The van der Waals surface area contributed by atoms with Gasteiger partial charge in [-0.05, 0) is 42.0 Å². The van der Waals surface area contributed by atoms with E-state index in [4.69, 9.17) is 16.3 Å². The highest BCUT2D eigenvalue weighted by Crippen LogP contribution is 2.35. The maximum Gasteiger partial charge on any atom is 0.404 e. The van der Waals surface area contributed by atoms with Crippen LogP contribution in [0.2, 0.25) is 5.02 Å². The highest BCUT2D eigenvalue weighted by Gasteiger charge is 2.38. The zero-order chi connectivity index (χ0) is 21.8. The lowest BCUT2D eigenvalue weighted by molar-refractivity contribution is -0.106. The summed E-state index contributed by atoms with van der Waals surface area (Å²) in [5, 5.41) is 0.0507. The SMILES string of the molecule is O=S(=O)(CC(F)(F)F)N(Cc1cccnc1)c1ccc(Oc2ccccc2)c(Cl)c1. The lowest BCUT2D eigenvalue weighted by Crippen LogP contribution is -2.37. The number of alkyl halides is 3. The molecule has 10 heteroatoms. The average molecular weight is 457 g/mol. The van der Waals surface area contributed by atoms with Crippen molar-refractivity contribution in [3.63, 3.8) is 0 Å². The van der Waals surface area contributed by atoms with Crippen LogP contribution >= 0.6 is 11.6 Å². The van der Waals surface area contributed by atoms with Crippen molar-refractivity contribution in [1.82, 2.24) is 4.98 Å². The van der Waals surface area contributed by atoms with E-state index >= 15 is 0 Å². The standard InChI is InChI=1S/C20H16ClF3N2O3S/c21-18-11-16(8-9-19(18)29-17-6-2-1-3-7-17)26(13-15-5-4-10-25-12-15)30(27,28)14-20(22,23)24/h1-12H,13-14H2. The van der Waals surface area contributed by atoms with Gasteiger partial charge in [0.25, 0.3) is 0 Å². The topological polar surface area (TPSA) is 59.5 Å². The Bertz CT molecular complexity index is 1100. The fourth-order valence-corrected chi connectivity index (χ4v) is 4.20.